The number of amides is 1. The SMILES string of the molecule is CN=C(NCCNC(=O)OC(C)(C)C)NC1CC1c1ccc(Br)cc1. The lowest BCUT2D eigenvalue weighted by Gasteiger charge is -2.20. The summed E-state index contributed by atoms with van der Waals surface area (Å²) in [4.78, 5) is 15.8. The van der Waals surface area contributed by atoms with E-state index in [1.807, 2.05) is 20.8 Å². The fourth-order valence-electron chi connectivity index (χ4n) is 2.46. The Morgan fingerprint density at radius 3 is 2.48 bits per heavy atom. The molecule has 1 fully saturated rings. The molecule has 0 aromatic heterocycles. The van der Waals surface area contributed by atoms with E-state index in [9.17, 15) is 4.79 Å². The number of rotatable bonds is 5. The van der Waals surface area contributed by atoms with E-state index < -0.39 is 11.7 Å². The quantitative estimate of drug-likeness (QED) is 0.396. The van der Waals surface area contributed by atoms with Crippen molar-refractivity contribution < 1.29 is 9.53 Å². The lowest BCUT2D eigenvalue weighted by Crippen LogP contribution is -2.43. The molecule has 25 heavy (non-hydrogen) atoms. The number of carbonyl (C=O) groups excluding carboxylic acids is 1. The van der Waals surface area contributed by atoms with Crippen molar-refractivity contribution in [1.82, 2.24) is 16.0 Å². The molecule has 0 saturated heterocycles. The number of halogens is 1. The summed E-state index contributed by atoms with van der Waals surface area (Å²) in [6.07, 6.45) is 0.688. The third-order valence-corrected chi connectivity index (χ3v) is 4.25. The average Bonchev–Trinajstić information content (AvgIpc) is 3.28. The van der Waals surface area contributed by atoms with Crippen LogP contribution in [-0.2, 0) is 4.74 Å². The number of nitrogens with one attached hydrogen (secondary N) is 3. The summed E-state index contributed by atoms with van der Waals surface area (Å²) in [7, 11) is 1.74. The van der Waals surface area contributed by atoms with Gasteiger partial charge in [0.1, 0.15) is 5.60 Å². The predicted molar refractivity (Wildman–Crippen MR) is 104 cm³/mol. The molecule has 0 radical (unpaired) electrons. The Morgan fingerprint density at radius 2 is 1.88 bits per heavy atom. The van der Waals surface area contributed by atoms with Crippen LogP contribution in [0.5, 0.6) is 0 Å². The molecule has 138 valence electrons. The van der Waals surface area contributed by atoms with Gasteiger partial charge in [-0.15, -0.1) is 0 Å². The third-order valence-electron chi connectivity index (χ3n) is 3.72. The second-order valence-electron chi connectivity index (χ2n) is 7.07. The summed E-state index contributed by atoms with van der Waals surface area (Å²) in [5.74, 6) is 1.27. The van der Waals surface area contributed by atoms with Gasteiger partial charge in [-0.3, -0.25) is 4.99 Å². The van der Waals surface area contributed by atoms with E-state index in [0.29, 0.717) is 25.0 Å². The van der Waals surface area contributed by atoms with Gasteiger partial charge in [0.2, 0.25) is 0 Å². The van der Waals surface area contributed by atoms with Crippen LogP contribution in [0.15, 0.2) is 33.7 Å². The van der Waals surface area contributed by atoms with Crippen molar-refractivity contribution in [3.63, 3.8) is 0 Å². The van der Waals surface area contributed by atoms with Crippen molar-refractivity contribution >= 4 is 28.0 Å². The molecule has 0 spiro atoms. The van der Waals surface area contributed by atoms with Crippen LogP contribution in [0.4, 0.5) is 4.79 Å². The molecule has 1 aliphatic carbocycles. The fourth-order valence-corrected chi connectivity index (χ4v) is 2.73. The highest BCUT2D eigenvalue weighted by Gasteiger charge is 2.38. The minimum Gasteiger partial charge on any atom is -0.444 e. The van der Waals surface area contributed by atoms with E-state index in [-0.39, 0.29) is 0 Å². The second-order valence-corrected chi connectivity index (χ2v) is 7.99. The average molecular weight is 411 g/mol. The summed E-state index contributed by atoms with van der Waals surface area (Å²) in [5.41, 5.74) is 0.853. The van der Waals surface area contributed by atoms with Crippen molar-refractivity contribution in [3.05, 3.63) is 34.3 Å². The van der Waals surface area contributed by atoms with Crippen molar-refractivity contribution in [1.29, 1.82) is 0 Å². The van der Waals surface area contributed by atoms with E-state index in [0.717, 1.165) is 16.9 Å². The number of ether oxygens (including phenoxy) is 1. The Labute approximate surface area is 157 Å². The lowest BCUT2D eigenvalue weighted by molar-refractivity contribution is 0.0529. The molecule has 2 unspecified atom stereocenters. The van der Waals surface area contributed by atoms with E-state index in [1.54, 1.807) is 7.05 Å². The molecule has 6 nitrogen and oxygen atoms in total. The molecule has 1 aromatic carbocycles. The van der Waals surface area contributed by atoms with Crippen LogP contribution in [0, 0.1) is 0 Å². The first-order chi connectivity index (χ1) is 11.8. The van der Waals surface area contributed by atoms with Crippen LogP contribution in [0.3, 0.4) is 0 Å². The Bertz CT molecular complexity index is 610. The van der Waals surface area contributed by atoms with Gasteiger partial charge in [0.05, 0.1) is 0 Å². The number of alkyl carbamates (subject to hydrolysis) is 1. The van der Waals surface area contributed by atoms with E-state index in [4.69, 9.17) is 4.74 Å². The van der Waals surface area contributed by atoms with Gasteiger partial charge in [0, 0.05) is 36.6 Å². The number of nitrogens with zero attached hydrogens (tertiary/aromatic N) is 1. The van der Waals surface area contributed by atoms with Crippen LogP contribution >= 0.6 is 15.9 Å². The van der Waals surface area contributed by atoms with Gasteiger partial charge in [-0.05, 0) is 44.9 Å². The molecule has 1 aromatic rings. The van der Waals surface area contributed by atoms with Crippen molar-refractivity contribution in [2.75, 3.05) is 20.1 Å². The lowest BCUT2D eigenvalue weighted by atomic mass is 10.1. The van der Waals surface area contributed by atoms with Crippen LogP contribution in [0.25, 0.3) is 0 Å². The Balaban J connectivity index is 1.67. The highest BCUT2D eigenvalue weighted by molar-refractivity contribution is 9.10. The Morgan fingerprint density at radius 1 is 1.24 bits per heavy atom. The van der Waals surface area contributed by atoms with Crippen LogP contribution in [0.1, 0.15) is 38.7 Å². The van der Waals surface area contributed by atoms with Gasteiger partial charge in [-0.25, -0.2) is 4.79 Å². The number of benzene rings is 1. The smallest absolute Gasteiger partial charge is 0.407 e. The van der Waals surface area contributed by atoms with Gasteiger partial charge in [0.15, 0.2) is 5.96 Å². The molecule has 1 amide bonds. The van der Waals surface area contributed by atoms with Crippen molar-refractivity contribution in [2.24, 2.45) is 4.99 Å². The predicted octanol–water partition coefficient (Wildman–Crippen LogP) is 2.99. The molecule has 7 heteroatoms. The minimum atomic E-state index is -0.483. The largest absolute Gasteiger partial charge is 0.444 e. The first-order valence-electron chi connectivity index (χ1n) is 8.48. The number of guanidine groups is 1. The molecule has 1 saturated carbocycles. The number of hydrogen-bond donors (Lipinski definition) is 3. The van der Waals surface area contributed by atoms with E-state index >= 15 is 0 Å². The summed E-state index contributed by atoms with van der Waals surface area (Å²) < 4.78 is 6.28. The monoisotopic (exact) mass is 410 g/mol. The normalized spacial score (nSPS) is 20.0. The van der Waals surface area contributed by atoms with Gasteiger partial charge >= 0.3 is 6.09 Å². The molecular weight excluding hydrogens is 384 g/mol. The van der Waals surface area contributed by atoms with Gasteiger partial charge < -0.3 is 20.7 Å². The van der Waals surface area contributed by atoms with Gasteiger partial charge in [0.25, 0.3) is 0 Å². The molecule has 2 atom stereocenters. The highest BCUT2D eigenvalue weighted by atomic mass is 79.9. The van der Waals surface area contributed by atoms with Crippen LogP contribution < -0.4 is 16.0 Å². The van der Waals surface area contributed by atoms with Gasteiger partial charge in [-0.1, -0.05) is 28.1 Å². The van der Waals surface area contributed by atoms with Crippen LogP contribution in [0.2, 0.25) is 0 Å². The molecule has 3 N–H and O–H groups in total. The zero-order chi connectivity index (χ0) is 18.4. The van der Waals surface area contributed by atoms with E-state index in [1.165, 1.54) is 5.56 Å². The summed E-state index contributed by atoms with van der Waals surface area (Å²) in [6, 6.07) is 8.83. The standard InChI is InChI=1S/C18H27BrN4O2/c1-18(2,3)25-17(24)22-10-9-21-16(20-4)23-15-11-14(15)12-5-7-13(19)8-6-12/h5-8,14-15H,9-11H2,1-4H3,(H,22,24)(H2,20,21,23). The third kappa shape index (κ3) is 6.94. The minimum absolute atomic E-state index is 0.395. The first-order valence-corrected chi connectivity index (χ1v) is 9.27. The summed E-state index contributed by atoms with van der Waals surface area (Å²) in [6.45, 7) is 6.57. The topological polar surface area (TPSA) is 74.8 Å². The number of aliphatic imine (C=N–C) groups is 1. The molecule has 0 heterocycles. The number of carbonyl (C=O) groups is 1. The van der Waals surface area contributed by atoms with Crippen LogP contribution in [-0.4, -0.2) is 43.8 Å². The van der Waals surface area contributed by atoms with Crippen molar-refractivity contribution in [3.8, 4) is 0 Å². The maximum Gasteiger partial charge on any atom is 0.407 e. The van der Waals surface area contributed by atoms with E-state index in [2.05, 4.69) is 61.1 Å². The molecule has 2 rings (SSSR count). The maximum absolute atomic E-state index is 11.6. The zero-order valence-electron chi connectivity index (χ0n) is 15.2. The first kappa shape index (κ1) is 19.6. The second kappa shape index (κ2) is 8.56. The summed E-state index contributed by atoms with van der Waals surface area (Å²) in [5, 5.41) is 9.33. The molecular formula is C18H27BrN4O2. The highest BCUT2D eigenvalue weighted by Crippen LogP contribution is 2.40. The fraction of sp³-hybridized carbons (Fsp3) is 0.556. The Hall–Kier alpha value is -1.76. The molecule has 0 aliphatic heterocycles. The van der Waals surface area contributed by atoms with Gasteiger partial charge in [-0.2, -0.15) is 0 Å². The maximum atomic E-state index is 11.6. The molecule has 0 bridgehead atoms. The number of hydrogen-bond acceptors (Lipinski definition) is 3. The van der Waals surface area contributed by atoms with Crippen molar-refractivity contribution in [2.45, 2.75) is 44.8 Å². The molecule has 1 aliphatic rings. The Kier molecular flexibility index (Phi) is 6.70. The summed E-state index contributed by atoms with van der Waals surface area (Å²) >= 11 is 3.46. The zero-order valence-corrected chi connectivity index (χ0v) is 16.8.